The van der Waals surface area contributed by atoms with Crippen LogP contribution in [-0.4, -0.2) is 69.3 Å². The molecule has 28 heavy (non-hydrogen) atoms. The molecule has 4 N–H and O–H groups in total. The van der Waals surface area contributed by atoms with Crippen molar-refractivity contribution in [3.05, 3.63) is 17.8 Å². The van der Waals surface area contributed by atoms with Crippen molar-refractivity contribution in [2.75, 3.05) is 44.0 Å². The van der Waals surface area contributed by atoms with E-state index in [0.29, 0.717) is 48.7 Å². The minimum Gasteiger partial charge on any atom is -0.394 e. The Hall–Kier alpha value is -2.52. The van der Waals surface area contributed by atoms with Gasteiger partial charge >= 0.3 is 0 Å². The van der Waals surface area contributed by atoms with Crippen molar-refractivity contribution in [2.24, 2.45) is 0 Å². The van der Waals surface area contributed by atoms with Crippen LogP contribution in [0.5, 0.6) is 0 Å². The fourth-order valence-electron chi connectivity index (χ4n) is 3.22. The van der Waals surface area contributed by atoms with Crippen LogP contribution in [0.1, 0.15) is 43.5 Å². The molecule has 0 saturated carbocycles. The van der Waals surface area contributed by atoms with Gasteiger partial charge in [-0.25, -0.2) is 9.97 Å². The van der Waals surface area contributed by atoms with Crippen LogP contribution in [0.2, 0.25) is 0 Å². The molecule has 152 valence electrons. The molecule has 0 aromatic carbocycles. The summed E-state index contributed by atoms with van der Waals surface area (Å²) in [7, 11) is 0. The smallest absolute Gasteiger partial charge is 0.255 e. The highest BCUT2D eigenvalue weighted by molar-refractivity contribution is 5.98. The third kappa shape index (κ3) is 4.48. The van der Waals surface area contributed by atoms with Crippen molar-refractivity contribution in [1.29, 1.82) is 0 Å². The second-order valence-corrected chi connectivity index (χ2v) is 7.37. The first-order chi connectivity index (χ1) is 13.5. The second kappa shape index (κ2) is 8.66. The number of anilines is 2. The van der Waals surface area contributed by atoms with E-state index in [1.54, 1.807) is 11.0 Å². The van der Waals surface area contributed by atoms with Gasteiger partial charge in [0, 0.05) is 19.3 Å². The van der Waals surface area contributed by atoms with E-state index in [1.807, 2.05) is 6.92 Å². The van der Waals surface area contributed by atoms with Crippen molar-refractivity contribution in [3.63, 3.8) is 0 Å². The molecular weight excluding hydrogens is 360 g/mol. The van der Waals surface area contributed by atoms with Gasteiger partial charge in [0.2, 0.25) is 5.95 Å². The molecule has 2 aromatic rings. The molecule has 3 rings (SSSR count). The summed E-state index contributed by atoms with van der Waals surface area (Å²) in [5, 5.41) is 13.1. The van der Waals surface area contributed by atoms with E-state index >= 15 is 0 Å². The number of hydrogen-bond donors (Lipinski definition) is 3. The highest BCUT2D eigenvalue weighted by Crippen LogP contribution is 2.26. The van der Waals surface area contributed by atoms with Gasteiger partial charge in [-0.1, -0.05) is 19.8 Å². The molecule has 1 atom stereocenters. The Kier molecular flexibility index (Phi) is 6.25. The lowest BCUT2D eigenvalue weighted by atomic mass is 9.96. The van der Waals surface area contributed by atoms with Crippen LogP contribution in [0.15, 0.2) is 12.3 Å². The number of aliphatic hydroxyl groups is 1. The van der Waals surface area contributed by atoms with Crippen LogP contribution in [0.25, 0.3) is 11.0 Å². The number of nitrogens with two attached hydrogens (primary N) is 1. The molecule has 2 aromatic heterocycles. The quantitative estimate of drug-likeness (QED) is 0.650. The Balaban J connectivity index is 1.91. The highest BCUT2D eigenvalue weighted by Gasteiger charge is 2.25. The fourth-order valence-corrected chi connectivity index (χ4v) is 3.22. The third-order valence-electron chi connectivity index (χ3n) is 4.95. The van der Waals surface area contributed by atoms with Crippen LogP contribution in [-0.2, 0) is 4.74 Å². The number of morpholine rings is 1. The molecule has 3 heterocycles. The predicted molar refractivity (Wildman–Crippen MR) is 107 cm³/mol. The first-order valence-electron chi connectivity index (χ1n) is 9.65. The number of carbonyl (C=O) groups excluding carboxylic acids is 1. The van der Waals surface area contributed by atoms with Crippen LogP contribution in [0.3, 0.4) is 0 Å². The summed E-state index contributed by atoms with van der Waals surface area (Å²) in [4.78, 5) is 27.4. The van der Waals surface area contributed by atoms with Crippen LogP contribution >= 0.6 is 0 Å². The van der Waals surface area contributed by atoms with Gasteiger partial charge in [-0.05, 0) is 19.4 Å². The van der Waals surface area contributed by atoms with Crippen molar-refractivity contribution >= 4 is 28.7 Å². The highest BCUT2D eigenvalue weighted by atomic mass is 16.5. The number of amides is 1. The minimum absolute atomic E-state index is 0.0496. The molecule has 0 unspecified atom stereocenters. The summed E-state index contributed by atoms with van der Waals surface area (Å²) in [6.45, 7) is 6.17. The topological polar surface area (TPSA) is 126 Å². The first kappa shape index (κ1) is 20.2. The Bertz CT molecular complexity index is 840. The normalized spacial score (nSPS) is 16.8. The molecular formula is C19H28N6O3. The van der Waals surface area contributed by atoms with E-state index in [1.165, 1.54) is 6.20 Å². The van der Waals surface area contributed by atoms with Crippen molar-refractivity contribution in [1.82, 2.24) is 19.9 Å². The summed E-state index contributed by atoms with van der Waals surface area (Å²) in [5.41, 5.74) is 6.80. The van der Waals surface area contributed by atoms with Gasteiger partial charge in [-0.15, -0.1) is 0 Å². The maximum atomic E-state index is 12.7. The van der Waals surface area contributed by atoms with Gasteiger partial charge in [-0.3, -0.25) is 4.79 Å². The summed E-state index contributed by atoms with van der Waals surface area (Å²) in [6.07, 6.45) is 4.30. The first-order valence-corrected chi connectivity index (χ1v) is 9.65. The molecule has 1 aliphatic heterocycles. The fraction of sp³-hybridized carbons (Fsp3) is 0.579. The summed E-state index contributed by atoms with van der Waals surface area (Å²) in [5.74, 6) is 0.441. The average molecular weight is 388 g/mol. The summed E-state index contributed by atoms with van der Waals surface area (Å²) in [6, 6.07) is 1.69. The van der Waals surface area contributed by atoms with Gasteiger partial charge in [0.1, 0.15) is 5.52 Å². The maximum Gasteiger partial charge on any atom is 0.255 e. The molecule has 1 fully saturated rings. The van der Waals surface area contributed by atoms with E-state index in [0.717, 1.165) is 19.3 Å². The van der Waals surface area contributed by atoms with Crippen LogP contribution in [0, 0.1) is 0 Å². The number of aromatic nitrogens is 3. The maximum absolute atomic E-state index is 12.7. The number of hydrogen-bond acceptors (Lipinski definition) is 8. The monoisotopic (exact) mass is 388 g/mol. The summed E-state index contributed by atoms with van der Waals surface area (Å²) < 4.78 is 5.30. The van der Waals surface area contributed by atoms with E-state index in [-0.39, 0.29) is 18.5 Å². The molecule has 9 heteroatoms. The molecule has 0 radical (unpaired) electrons. The lowest BCUT2D eigenvalue weighted by molar-refractivity contribution is 0.0302. The van der Waals surface area contributed by atoms with Crippen LogP contribution in [0.4, 0.5) is 11.8 Å². The predicted octanol–water partition coefficient (Wildman–Crippen LogP) is 1.43. The average Bonchev–Trinajstić information content (AvgIpc) is 2.71. The number of nitrogens with one attached hydrogen (secondary N) is 1. The number of pyridine rings is 1. The Morgan fingerprint density at radius 3 is 2.82 bits per heavy atom. The van der Waals surface area contributed by atoms with Crippen molar-refractivity contribution < 1.29 is 14.6 Å². The Morgan fingerprint density at radius 1 is 1.39 bits per heavy atom. The zero-order valence-electron chi connectivity index (χ0n) is 16.4. The number of nitrogens with zero attached hydrogens (tertiary/aromatic N) is 4. The zero-order chi connectivity index (χ0) is 20.1. The number of nitrogen functional groups attached to an aromatic ring is 1. The Labute approximate surface area is 164 Å². The van der Waals surface area contributed by atoms with Gasteiger partial charge in [0.05, 0.1) is 36.4 Å². The van der Waals surface area contributed by atoms with Crippen molar-refractivity contribution in [3.8, 4) is 0 Å². The molecule has 0 spiro atoms. The molecule has 0 aliphatic carbocycles. The van der Waals surface area contributed by atoms with E-state index < -0.39 is 5.54 Å². The van der Waals surface area contributed by atoms with Crippen LogP contribution < -0.4 is 11.1 Å². The standard InChI is InChI=1S/C19H28N6O3/c1-3-4-5-19(2,12-26)24-16-15-14(22-18(20)23-16)10-13(11-21-15)17(27)25-6-8-28-9-7-25/h10-11,26H,3-9,12H2,1-2H3,(H3,20,22,23,24)/t19-/m1/s1. The largest absolute Gasteiger partial charge is 0.394 e. The Morgan fingerprint density at radius 2 is 2.14 bits per heavy atom. The number of rotatable bonds is 7. The number of fused-ring (bicyclic) bond motifs is 1. The lowest BCUT2D eigenvalue weighted by Gasteiger charge is -2.29. The molecule has 1 aliphatic rings. The number of aliphatic hydroxyl groups excluding tert-OH is 1. The van der Waals surface area contributed by atoms with Gasteiger partial charge in [0.25, 0.3) is 5.91 Å². The number of unbranched alkanes of at least 4 members (excludes halogenated alkanes) is 1. The molecule has 9 nitrogen and oxygen atoms in total. The van der Waals surface area contributed by atoms with Gasteiger partial charge in [0.15, 0.2) is 5.82 Å². The van der Waals surface area contributed by atoms with E-state index in [2.05, 4.69) is 27.2 Å². The van der Waals surface area contributed by atoms with Gasteiger partial charge < -0.3 is 25.8 Å². The molecule has 1 saturated heterocycles. The van der Waals surface area contributed by atoms with Gasteiger partial charge in [-0.2, -0.15) is 4.98 Å². The number of ether oxygens (including phenoxy) is 1. The zero-order valence-corrected chi connectivity index (χ0v) is 16.4. The SMILES string of the molecule is CCCC[C@](C)(CO)Nc1nc(N)nc2cc(C(=O)N3CCOCC3)cnc12. The lowest BCUT2D eigenvalue weighted by Crippen LogP contribution is -2.40. The molecule has 0 bridgehead atoms. The molecule has 1 amide bonds. The summed E-state index contributed by atoms with van der Waals surface area (Å²) >= 11 is 0. The van der Waals surface area contributed by atoms with E-state index in [9.17, 15) is 9.90 Å². The third-order valence-corrected chi connectivity index (χ3v) is 4.95. The van der Waals surface area contributed by atoms with E-state index in [4.69, 9.17) is 10.5 Å². The minimum atomic E-state index is -0.548. The number of carbonyl (C=O) groups is 1. The second-order valence-electron chi connectivity index (χ2n) is 7.37. The van der Waals surface area contributed by atoms with Crippen molar-refractivity contribution in [2.45, 2.75) is 38.6 Å².